The number of rotatable bonds is 2. The molecule has 56 valence electrons. The molecule has 0 aromatic heterocycles. The molecule has 0 aromatic carbocycles. The van der Waals surface area contributed by atoms with Crippen LogP contribution in [0.2, 0.25) is 0 Å². The van der Waals surface area contributed by atoms with Gasteiger partial charge in [-0.15, -0.1) is 0 Å². The first kappa shape index (κ1) is 5.59. The number of fused-ring (bicyclic) bond motifs is 2. The molecular weight excluding hydrogens is 124 g/mol. The van der Waals surface area contributed by atoms with Gasteiger partial charge in [-0.1, -0.05) is 6.42 Å². The molecule has 0 bridgehead atoms. The van der Waals surface area contributed by atoms with E-state index in [0.717, 1.165) is 29.8 Å². The summed E-state index contributed by atoms with van der Waals surface area (Å²) in [5.74, 6) is 3.33. The predicted molar refractivity (Wildman–Crippen MR) is 38.6 cm³/mol. The predicted octanol–water partition coefficient (Wildman–Crippen LogP) is 1.68. The number of hydrogen-bond donors (Lipinski definition) is 0. The van der Waals surface area contributed by atoms with Gasteiger partial charge in [0.15, 0.2) is 0 Å². The van der Waals surface area contributed by atoms with Gasteiger partial charge < -0.3 is 4.74 Å². The number of hydrogen-bond acceptors (Lipinski definition) is 1. The van der Waals surface area contributed by atoms with Gasteiger partial charge in [-0.05, 0) is 30.6 Å². The van der Waals surface area contributed by atoms with E-state index < -0.39 is 0 Å². The lowest BCUT2D eigenvalue weighted by atomic mass is 9.83. The maximum absolute atomic E-state index is 5.25. The highest BCUT2D eigenvalue weighted by Crippen LogP contribution is 2.88. The molecule has 1 heteroatoms. The molecule has 3 fully saturated rings. The first-order valence-corrected chi connectivity index (χ1v) is 4.40. The molecule has 0 amide bonds. The van der Waals surface area contributed by atoms with Crippen molar-refractivity contribution >= 4 is 0 Å². The largest absolute Gasteiger partial charge is 0.384 e. The summed E-state index contributed by atoms with van der Waals surface area (Å²) in [4.78, 5) is 0. The molecule has 0 spiro atoms. The zero-order valence-corrected chi connectivity index (χ0v) is 6.47. The van der Waals surface area contributed by atoms with E-state index in [4.69, 9.17) is 4.74 Å². The fraction of sp³-hybridized carbons (Fsp3) is 1.00. The second-order valence-electron chi connectivity index (χ2n) is 4.22. The van der Waals surface area contributed by atoms with E-state index >= 15 is 0 Å². The van der Waals surface area contributed by atoms with E-state index in [-0.39, 0.29) is 0 Å². The van der Waals surface area contributed by atoms with Crippen LogP contribution in [0.25, 0.3) is 0 Å². The van der Waals surface area contributed by atoms with Crippen LogP contribution in [0.1, 0.15) is 19.3 Å². The summed E-state index contributed by atoms with van der Waals surface area (Å²) in [7, 11) is 1.85. The van der Waals surface area contributed by atoms with Gasteiger partial charge >= 0.3 is 0 Å². The molecule has 1 nitrogen and oxygen atoms in total. The molecule has 0 saturated heterocycles. The van der Waals surface area contributed by atoms with Gasteiger partial charge in [0, 0.05) is 12.5 Å². The molecule has 3 aliphatic rings. The maximum Gasteiger partial charge on any atom is 0.0527 e. The highest BCUT2D eigenvalue weighted by Gasteiger charge is 2.86. The van der Waals surface area contributed by atoms with Gasteiger partial charge in [0.25, 0.3) is 0 Å². The summed E-state index contributed by atoms with van der Waals surface area (Å²) in [6.45, 7) is 1.06. The molecule has 3 rings (SSSR count). The standard InChI is InChI=1S/C9H14O/c1-10-5-9-6-3-2-4-7(9)8(6)9/h6-8H,2-5H2,1H3. The number of ether oxygens (including phenoxy) is 1. The normalized spacial score (nSPS) is 61.5. The molecule has 0 aliphatic heterocycles. The van der Waals surface area contributed by atoms with E-state index in [9.17, 15) is 0 Å². The Bertz CT molecular complexity index is 154. The van der Waals surface area contributed by atoms with Crippen LogP contribution >= 0.6 is 0 Å². The lowest BCUT2D eigenvalue weighted by Gasteiger charge is -2.24. The first-order chi connectivity index (χ1) is 4.91. The Labute approximate surface area is 61.8 Å². The van der Waals surface area contributed by atoms with Crippen molar-refractivity contribution in [1.82, 2.24) is 0 Å². The van der Waals surface area contributed by atoms with Crippen LogP contribution in [-0.2, 0) is 4.74 Å². The minimum Gasteiger partial charge on any atom is -0.384 e. The lowest BCUT2D eigenvalue weighted by Crippen LogP contribution is -2.18. The van der Waals surface area contributed by atoms with Crippen molar-refractivity contribution in [3.63, 3.8) is 0 Å². The van der Waals surface area contributed by atoms with Crippen molar-refractivity contribution in [1.29, 1.82) is 0 Å². The van der Waals surface area contributed by atoms with Gasteiger partial charge in [-0.2, -0.15) is 0 Å². The molecular formula is C9H14O. The third-order valence-corrected chi connectivity index (χ3v) is 4.07. The van der Waals surface area contributed by atoms with Crippen molar-refractivity contribution in [2.24, 2.45) is 23.2 Å². The second kappa shape index (κ2) is 1.42. The van der Waals surface area contributed by atoms with Crippen molar-refractivity contribution in [2.45, 2.75) is 19.3 Å². The third-order valence-electron chi connectivity index (χ3n) is 4.07. The molecule has 0 radical (unpaired) electrons. The van der Waals surface area contributed by atoms with Crippen molar-refractivity contribution in [3.05, 3.63) is 0 Å². The Hall–Kier alpha value is -0.0400. The minimum absolute atomic E-state index is 0.757. The van der Waals surface area contributed by atoms with Gasteiger partial charge in [0.2, 0.25) is 0 Å². The quantitative estimate of drug-likeness (QED) is 0.564. The average Bonchev–Trinajstić information content (AvgIpc) is 2.80. The SMILES string of the molecule is COCC12C3CCCC1C32. The van der Waals surface area contributed by atoms with Crippen molar-refractivity contribution in [2.75, 3.05) is 13.7 Å². The Morgan fingerprint density at radius 3 is 2.60 bits per heavy atom. The summed E-state index contributed by atoms with van der Waals surface area (Å²) in [5.41, 5.74) is 0.757. The Morgan fingerprint density at radius 2 is 2.10 bits per heavy atom. The molecule has 2 unspecified atom stereocenters. The van der Waals surface area contributed by atoms with Gasteiger partial charge in [-0.25, -0.2) is 0 Å². The average molecular weight is 138 g/mol. The molecule has 0 N–H and O–H groups in total. The van der Waals surface area contributed by atoms with Crippen LogP contribution in [-0.4, -0.2) is 13.7 Å². The summed E-state index contributed by atoms with van der Waals surface area (Å²) < 4.78 is 5.25. The van der Waals surface area contributed by atoms with Gasteiger partial charge in [0.1, 0.15) is 0 Å². The van der Waals surface area contributed by atoms with Crippen LogP contribution in [0, 0.1) is 23.2 Å². The zero-order valence-electron chi connectivity index (χ0n) is 6.47. The van der Waals surface area contributed by atoms with Gasteiger partial charge in [0.05, 0.1) is 6.61 Å². The number of methoxy groups -OCH3 is 1. The molecule has 0 aromatic rings. The Balaban J connectivity index is 1.76. The molecule has 10 heavy (non-hydrogen) atoms. The highest BCUT2D eigenvalue weighted by molar-refractivity contribution is 5.32. The highest BCUT2D eigenvalue weighted by atomic mass is 16.5. The van der Waals surface area contributed by atoms with Crippen molar-refractivity contribution in [3.8, 4) is 0 Å². The smallest absolute Gasteiger partial charge is 0.0527 e. The summed E-state index contributed by atoms with van der Waals surface area (Å²) >= 11 is 0. The minimum atomic E-state index is 0.757. The van der Waals surface area contributed by atoms with Crippen LogP contribution < -0.4 is 0 Å². The summed E-state index contributed by atoms with van der Waals surface area (Å²) in [5, 5.41) is 0. The van der Waals surface area contributed by atoms with E-state index in [2.05, 4.69) is 0 Å². The zero-order chi connectivity index (χ0) is 6.77. The van der Waals surface area contributed by atoms with E-state index in [1.807, 2.05) is 7.11 Å². The molecule has 0 heterocycles. The summed E-state index contributed by atoms with van der Waals surface area (Å²) in [6, 6.07) is 0. The van der Waals surface area contributed by atoms with Crippen LogP contribution in [0.5, 0.6) is 0 Å². The van der Waals surface area contributed by atoms with Crippen LogP contribution in [0.4, 0.5) is 0 Å². The van der Waals surface area contributed by atoms with Crippen LogP contribution in [0.15, 0.2) is 0 Å². The van der Waals surface area contributed by atoms with Gasteiger partial charge in [-0.3, -0.25) is 0 Å². The Kier molecular flexibility index (Phi) is 0.797. The fourth-order valence-electron chi connectivity index (χ4n) is 3.60. The molecule has 3 aliphatic carbocycles. The molecule has 2 atom stereocenters. The topological polar surface area (TPSA) is 9.23 Å². The monoisotopic (exact) mass is 138 g/mol. The van der Waals surface area contributed by atoms with Crippen molar-refractivity contribution < 1.29 is 4.74 Å². The van der Waals surface area contributed by atoms with E-state index in [1.165, 1.54) is 19.3 Å². The fourth-order valence-corrected chi connectivity index (χ4v) is 3.60. The maximum atomic E-state index is 5.25. The van der Waals surface area contributed by atoms with E-state index in [1.54, 1.807) is 0 Å². The molecule has 3 saturated carbocycles. The first-order valence-electron chi connectivity index (χ1n) is 4.40. The lowest BCUT2D eigenvalue weighted by molar-refractivity contribution is 0.120. The third kappa shape index (κ3) is 0.378. The van der Waals surface area contributed by atoms with E-state index in [0.29, 0.717) is 0 Å². The summed E-state index contributed by atoms with van der Waals surface area (Å²) in [6.07, 6.45) is 4.51. The van der Waals surface area contributed by atoms with Crippen LogP contribution in [0.3, 0.4) is 0 Å². The second-order valence-corrected chi connectivity index (χ2v) is 4.22. The Morgan fingerprint density at radius 1 is 1.40 bits per heavy atom.